The second-order valence-electron chi connectivity index (χ2n) is 23.1. The summed E-state index contributed by atoms with van der Waals surface area (Å²) in [7, 11) is -12.1. The van der Waals surface area contributed by atoms with Gasteiger partial charge in [0.15, 0.2) is 0 Å². The maximum atomic E-state index is 13.2. The van der Waals surface area contributed by atoms with Gasteiger partial charge in [0, 0.05) is 34.3 Å². The zero-order valence-electron chi connectivity index (χ0n) is 56.9. The van der Waals surface area contributed by atoms with E-state index in [0.29, 0.717) is 41.0 Å². The van der Waals surface area contributed by atoms with Crippen molar-refractivity contribution in [1.29, 1.82) is 0 Å². The number of aliphatic hydroxyl groups is 1. The van der Waals surface area contributed by atoms with Crippen LogP contribution in [0.15, 0.2) is 282 Å². The molecule has 0 radical (unpaired) electrons. The Labute approximate surface area is 646 Å². The largest absolute Gasteiger partial charge is 1.00 e. The summed E-state index contributed by atoms with van der Waals surface area (Å²) in [6, 6.07) is 72.5. The maximum Gasteiger partial charge on any atom is 1.00 e. The van der Waals surface area contributed by atoms with E-state index >= 15 is 0 Å². The van der Waals surface area contributed by atoms with Crippen molar-refractivity contribution in [3.05, 3.63) is 295 Å². The smallest absolute Gasteiger partial charge is 0.744 e. The number of ether oxygens (including phenoxy) is 1. The molecule has 0 heterocycles. The molecule has 0 bridgehead atoms. The number of nitrogens with two attached hydrogens (primary N) is 3. The Kier molecular flexibility index (Phi) is 30.8. The van der Waals surface area contributed by atoms with Crippen LogP contribution in [0.25, 0.3) is 64.6 Å². The van der Waals surface area contributed by atoms with Gasteiger partial charge >= 0.3 is 49.8 Å². The molecule has 538 valence electrons. The second-order valence-corrected chi connectivity index (χ2v) is 29.2. The number of hydrogen-bond acceptors (Lipinski definition) is 16. The maximum absolute atomic E-state index is 13.2. The number of aromatic hydroxyl groups is 2. The molecule has 9 N–H and O–H groups in total. The molecule has 14 rings (SSSR count). The molecule has 0 aliphatic heterocycles. The summed E-state index contributed by atoms with van der Waals surface area (Å²) in [6.45, 7) is 4.73. The van der Waals surface area contributed by atoms with Gasteiger partial charge in [-0.1, -0.05) is 140 Å². The molecule has 0 aliphatic carbocycles. The van der Waals surface area contributed by atoms with E-state index in [2.05, 4.69) is 31.9 Å². The van der Waals surface area contributed by atoms with Crippen molar-refractivity contribution in [2.75, 3.05) is 41.1 Å². The molecule has 14 aromatic rings. The van der Waals surface area contributed by atoms with Crippen LogP contribution < -0.4 is 59.9 Å². The molecular formula is C80H71Br2F3N3NaO13S3. The normalized spacial score (nSPS) is 10.9. The number of aryl methyl sites for hydroxylation is 2. The summed E-state index contributed by atoms with van der Waals surface area (Å²) in [5, 5.41) is 38.4. The van der Waals surface area contributed by atoms with Gasteiger partial charge in [-0.3, -0.25) is 0 Å². The monoisotopic (exact) mass is 1620 g/mol. The number of halogens is 5. The molecule has 14 aromatic carbocycles. The van der Waals surface area contributed by atoms with E-state index in [9.17, 15) is 48.1 Å². The number of alkyl halides is 2. The number of anilines is 3. The molecule has 16 nitrogen and oxygen atoms in total. The Morgan fingerprint density at radius 3 is 1.02 bits per heavy atom. The summed E-state index contributed by atoms with van der Waals surface area (Å²) in [6.07, 6.45) is 1.82. The predicted molar refractivity (Wildman–Crippen MR) is 415 cm³/mol. The first-order chi connectivity index (χ1) is 49.6. The van der Waals surface area contributed by atoms with Crippen LogP contribution in [0.2, 0.25) is 0 Å². The molecule has 0 fully saturated rings. The first-order valence-electron chi connectivity index (χ1n) is 31.7. The summed E-state index contributed by atoms with van der Waals surface area (Å²) >= 11 is 6.49. The van der Waals surface area contributed by atoms with E-state index in [-0.39, 0.29) is 84.7 Å². The molecule has 0 unspecified atom stereocenters. The van der Waals surface area contributed by atoms with Gasteiger partial charge < -0.3 is 50.2 Å². The number of benzene rings is 14. The number of fused-ring (bicyclic) bond motifs is 6. The number of phenolic OH excluding ortho intramolecular Hbond substituents is 2. The summed E-state index contributed by atoms with van der Waals surface area (Å²) in [4.78, 5) is -0.0242. The third kappa shape index (κ3) is 25.7. The van der Waals surface area contributed by atoms with Crippen molar-refractivity contribution >= 4 is 144 Å². The van der Waals surface area contributed by atoms with Crippen LogP contribution in [0.4, 0.5) is 30.2 Å². The molecule has 25 heteroatoms. The van der Waals surface area contributed by atoms with Crippen molar-refractivity contribution in [3.8, 4) is 28.7 Å². The van der Waals surface area contributed by atoms with E-state index in [1.807, 2.05) is 62.4 Å². The summed E-state index contributed by atoms with van der Waals surface area (Å²) < 4.78 is 136. The number of rotatable bonds is 13. The molecular weight excluding hydrogens is 1550 g/mol. The Hall–Kier alpha value is -9.44. The average molecular weight is 1620 g/mol. The standard InChI is InChI=1S/C17H13FO3S.C17H15NO3S.C13H12BrFO.C10H7FO.C10H9NO3S.C10H9NO.C3H7BrO.Na/c2*1-12-2-8-17(9-3-12)22(19,20)21-16-7-5-13-4-6-15(18)10-14(13)11-16;14-6-1-7-16-13-5-3-10-2-4-12(15)8-11(10)9-13;11-9-3-1-7-2-4-10(12)6-8(7)5-9;11-9-3-1-7-2-4-10(15(12,13)14)6-8(7)5-9;11-9-3-1-7-2-4-10(12)6-8(7)5-9;4-2-1-3-5;/h2-11H,1H3;2-11H,18H2,1H3;2-5,8-9H,1,6-7H2;1-6,12H;1-6H,11H2,(H,12,13,14);1-6,12H,11H2;5H,1-3H2;/q;;;;;;;+1/p-1. The number of nitrogen functional groups attached to an aromatic ring is 3. The van der Waals surface area contributed by atoms with Crippen molar-refractivity contribution in [2.45, 2.75) is 41.4 Å². The zero-order chi connectivity index (χ0) is 75.1. The van der Waals surface area contributed by atoms with Crippen LogP contribution in [0.5, 0.6) is 28.7 Å². The third-order valence-electron chi connectivity index (χ3n) is 15.0. The predicted octanol–water partition coefficient (Wildman–Crippen LogP) is 15.6. The van der Waals surface area contributed by atoms with Gasteiger partial charge in [-0.2, -0.15) is 16.8 Å². The fraction of sp³-hybridized carbons (Fsp3) is 0.100. The first-order valence-corrected chi connectivity index (χ1v) is 38.2. The molecule has 0 saturated heterocycles. The van der Waals surface area contributed by atoms with Crippen molar-refractivity contribution in [2.24, 2.45) is 0 Å². The first kappa shape index (κ1) is 82.8. The molecule has 0 atom stereocenters. The molecule has 0 amide bonds. The minimum atomic E-state index is -4.40. The van der Waals surface area contributed by atoms with Crippen LogP contribution >= 0.6 is 31.9 Å². The van der Waals surface area contributed by atoms with Crippen molar-refractivity contribution < 1.29 is 101 Å². The average Bonchev–Trinajstić information content (AvgIpc) is 0.823. The Bertz CT molecular complexity index is 5330. The Morgan fingerprint density at radius 1 is 0.362 bits per heavy atom. The van der Waals surface area contributed by atoms with Crippen molar-refractivity contribution in [3.63, 3.8) is 0 Å². The van der Waals surface area contributed by atoms with Gasteiger partial charge in [0.25, 0.3) is 0 Å². The van der Waals surface area contributed by atoms with E-state index in [1.165, 1.54) is 78.9 Å². The van der Waals surface area contributed by atoms with Gasteiger partial charge in [0.2, 0.25) is 0 Å². The van der Waals surface area contributed by atoms with Crippen LogP contribution in [-0.2, 0) is 30.4 Å². The van der Waals surface area contributed by atoms with Gasteiger partial charge in [-0.05, 0) is 261 Å². The minimum Gasteiger partial charge on any atom is -0.744 e. The SMILES string of the molecule is Cc1ccc(S(=O)(=O)Oc2ccc3ccc(F)cc3c2)cc1.Cc1ccc(S(=O)(=O)Oc2ccc3ccc(N)cc3c2)cc1.Fc1ccc2ccc(OCCCBr)cc2c1.Nc1ccc2ccc(O)cc2c1.Nc1ccc2ccc(S(=O)(=O)[O-])cc2c1.OCCCBr.Oc1ccc2ccc(F)cc2c1.[Na+]. The number of phenols is 2. The van der Waals surface area contributed by atoms with Crippen LogP contribution in [0.1, 0.15) is 24.0 Å². The van der Waals surface area contributed by atoms with Crippen LogP contribution in [0.3, 0.4) is 0 Å². The fourth-order valence-corrected chi connectivity index (χ4v) is 12.6. The van der Waals surface area contributed by atoms with E-state index in [4.69, 9.17) is 40.5 Å². The summed E-state index contributed by atoms with van der Waals surface area (Å²) in [5.41, 5.74) is 20.7. The summed E-state index contributed by atoms with van der Waals surface area (Å²) in [5.74, 6) is 0.752. The third-order valence-corrected chi connectivity index (χ3v) is 19.5. The molecule has 0 aliphatic rings. The fourth-order valence-electron chi connectivity index (χ4n) is 9.75. The van der Waals surface area contributed by atoms with E-state index < -0.39 is 30.4 Å². The Morgan fingerprint density at radius 2 is 0.657 bits per heavy atom. The number of hydrogen-bond donors (Lipinski definition) is 6. The van der Waals surface area contributed by atoms with E-state index in [1.54, 1.807) is 140 Å². The van der Waals surface area contributed by atoms with Gasteiger partial charge in [-0.15, -0.1) is 0 Å². The zero-order valence-corrected chi connectivity index (χ0v) is 64.5. The van der Waals surface area contributed by atoms with Crippen molar-refractivity contribution in [1.82, 2.24) is 0 Å². The Balaban J connectivity index is 0.000000176. The van der Waals surface area contributed by atoms with Crippen LogP contribution in [-0.4, -0.2) is 69.0 Å². The van der Waals surface area contributed by atoms with Gasteiger partial charge in [0.1, 0.15) is 66.1 Å². The molecule has 105 heavy (non-hydrogen) atoms. The molecule has 0 aromatic heterocycles. The quantitative estimate of drug-likeness (QED) is 0.0156. The second kappa shape index (κ2) is 39.1. The molecule has 0 spiro atoms. The molecule has 0 saturated carbocycles. The van der Waals surface area contributed by atoms with E-state index in [0.717, 1.165) is 94.2 Å². The number of aliphatic hydroxyl groups excluding tert-OH is 1. The van der Waals surface area contributed by atoms with Gasteiger partial charge in [-0.25, -0.2) is 21.6 Å². The topological polar surface area (TPSA) is 292 Å². The van der Waals surface area contributed by atoms with Crippen LogP contribution in [0, 0.1) is 31.3 Å². The van der Waals surface area contributed by atoms with Gasteiger partial charge in [0.05, 0.1) is 11.5 Å². The minimum absolute atomic E-state index is 0.